The van der Waals surface area contributed by atoms with Crippen LogP contribution in [0.25, 0.3) is 0 Å². The second-order valence-corrected chi connectivity index (χ2v) is 8.09. The van der Waals surface area contributed by atoms with Crippen molar-refractivity contribution in [3.8, 4) is 5.75 Å². The molecule has 0 fully saturated rings. The van der Waals surface area contributed by atoms with E-state index < -0.39 is 10.0 Å². The molecule has 0 heterocycles. The highest BCUT2D eigenvalue weighted by molar-refractivity contribution is 7.89. The lowest BCUT2D eigenvalue weighted by Gasteiger charge is -2.12. The van der Waals surface area contributed by atoms with Crippen molar-refractivity contribution in [3.63, 3.8) is 0 Å². The summed E-state index contributed by atoms with van der Waals surface area (Å²) in [7, 11) is -3.71. The second-order valence-electron chi connectivity index (χ2n) is 5.91. The normalized spacial score (nSPS) is 11.4. The van der Waals surface area contributed by atoms with Crippen LogP contribution in [-0.2, 0) is 21.4 Å². The van der Waals surface area contributed by atoms with Gasteiger partial charge in [-0.1, -0.05) is 41.9 Å². The first-order valence-electron chi connectivity index (χ1n) is 8.03. The van der Waals surface area contributed by atoms with Gasteiger partial charge in [-0.05, 0) is 37.6 Å². The van der Waals surface area contributed by atoms with Crippen LogP contribution < -0.4 is 14.8 Å². The van der Waals surface area contributed by atoms with Crippen molar-refractivity contribution in [2.45, 2.75) is 31.3 Å². The van der Waals surface area contributed by atoms with Crippen LogP contribution in [-0.4, -0.2) is 27.0 Å². The Morgan fingerprint density at radius 1 is 1.15 bits per heavy atom. The number of nitrogens with one attached hydrogen (secondary N) is 2. The van der Waals surface area contributed by atoms with E-state index in [-0.39, 0.29) is 40.8 Å². The predicted octanol–water partition coefficient (Wildman–Crippen LogP) is 2.72. The molecule has 26 heavy (non-hydrogen) atoms. The molecule has 0 saturated carbocycles. The lowest BCUT2D eigenvalue weighted by atomic mass is 10.2. The average Bonchev–Trinajstić information content (AvgIpc) is 2.59. The summed E-state index contributed by atoms with van der Waals surface area (Å²) >= 11 is 6.09. The van der Waals surface area contributed by atoms with Crippen molar-refractivity contribution in [1.82, 2.24) is 10.0 Å². The Morgan fingerprint density at radius 3 is 2.46 bits per heavy atom. The number of rotatable bonds is 8. The highest BCUT2D eigenvalue weighted by atomic mass is 35.5. The molecule has 0 saturated heterocycles. The molecule has 0 aromatic heterocycles. The monoisotopic (exact) mass is 396 g/mol. The van der Waals surface area contributed by atoms with Gasteiger partial charge in [0.15, 0.2) is 6.61 Å². The van der Waals surface area contributed by atoms with E-state index in [1.54, 1.807) is 0 Å². The molecule has 0 aliphatic heterocycles. The van der Waals surface area contributed by atoms with E-state index in [4.69, 9.17) is 16.3 Å². The smallest absolute Gasteiger partial charge is 0.258 e. The van der Waals surface area contributed by atoms with Crippen LogP contribution in [0.5, 0.6) is 5.75 Å². The number of benzene rings is 2. The van der Waals surface area contributed by atoms with E-state index in [1.807, 2.05) is 44.2 Å². The second kappa shape index (κ2) is 9.02. The van der Waals surface area contributed by atoms with Crippen LogP contribution in [0.15, 0.2) is 53.4 Å². The van der Waals surface area contributed by atoms with Gasteiger partial charge in [0.1, 0.15) is 5.75 Å². The highest BCUT2D eigenvalue weighted by Crippen LogP contribution is 2.27. The zero-order chi connectivity index (χ0) is 19.2. The van der Waals surface area contributed by atoms with Crippen LogP contribution in [0.1, 0.15) is 19.4 Å². The topological polar surface area (TPSA) is 84.5 Å². The van der Waals surface area contributed by atoms with Gasteiger partial charge < -0.3 is 10.1 Å². The van der Waals surface area contributed by atoms with Gasteiger partial charge in [0, 0.05) is 12.6 Å². The van der Waals surface area contributed by atoms with Crippen LogP contribution >= 0.6 is 11.6 Å². The standard InChI is InChI=1S/C18H21ClN2O4S/c1-13(2)21-18(22)12-25-17-9-8-15(10-16(17)19)26(23,24)20-11-14-6-4-3-5-7-14/h3-10,13,20H,11-12H2,1-2H3,(H,21,22). The van der Waals surface area contributed by atoms with E-state index in [0.717, 1.165) is 5.56 Å². The fourth-order valence-corrected chi connectivity index (χ4v) is 3.47. The van der Waals surface area contributed by atoms with Crippen molar-refractivity contribution in [1.29, 1.82) is 0 Å². The molecule has 2 N–H and O–H groups in total. The Hall–Kier alpha value is -2.09. The van der Waals surface area contributed by atoms with Gasteiger partial charge in [-0.2, -0.15) is 0 Å². The maximum absolute atomic E-state index is 12.4. The van der Waals surface area contributed by atoms with Gasteiger partial charge in [0.25, 0.3) is 5.91 Å². The summed E-state index contributed by atoms with van der Waals surface area (Å²) in [5.74, 6) is -0.0372. The third-order valence-corrected chi connectivity index (χ3v) is 5.03. The van der Waals surface area contributed by atoms with Crippen molar-refractivity contribution in [2.24, 2.45) is 0 Å². The molecule has 140 valence electrons. The fraction of sp³-hybridized carbons (Fsp3) is 0.278. The van der Waals surface area contributed by atoms with Crippen molar-refractivity contribution in [2.75, 3.05) is 6.61 Å². The maximum atomic E-state index is 12.4. The number of hydrogen-bond acceptors (Lipinski definition) is 4. The first-order valence-corrected chi connectivity index (χ1v) is 9.89. The number of sulfonamides is 1. The molecule has 1 amide bonds. The lowest BCUT2D eigenvalue weighted by molar-refractivity contribution is -0.123. The number of halogens is 1. The van der Waals surface area contributed by atoms with E-state index >= 15 is 0 Å². The minimum Gasteiger partial charge on any atom is -0.482 e. The first kappa shape index (κ1) is 20.2. The van der Waals surface area contributed by atoms with Gasteiger partial charge in [0.2, 0.25) is 10.0 Å². The summed E-state index contributed by atoms with van der Waals surface area (Å²) < 4.78 is 32.6. The van der Waals surface area contributed by atoms with Crippen LogP contribution in [0.4, 0.5) is 0 Å². The highest BCUT2D eigenvalue weighted by Gasteiger charge is 2.16. The molecule has 0 radical (unpaired) electrons. The van der Waals surface area contributed by atoms with Crippen LogP contribution in [0.3, 0.4) is 0 Å². The molecular weight excluding hydrogens is 376 g/mol. The maximum Gasteiger partial charge on any atom is 0.258 e. The predicted molar refractivity (Wildman–Crippen MR) is 101 cm³/mol. The van der Waals surface area contributed by atoms with E-state index in [2.05, 4.69) is 10.0 Å². The zero-order valence-electron chi connectivity index (χ0n) is 14.5. The molecular formula is C18H21ClN2O4S. The number of hydrogen-bond donors (Lipinski definition) is 2. The third-order valence-electron chi connectivity index (χ3n) is 3.33. The average molecular weight is 397 g/mol. The number of carbonyl (C=O) groups excluding carboxylic acids is 1. The molecule has 8 heteroatoms. The molecule has 0 spiro atoms. The zero-order valence-corrected chi connectivity index (χ0v) is 16.1. The number of carbonyl (C=O) groups is 1. The summed E-state index contributed by atoms with van der Waals surface area (Å²) in [5.41, 5.74) is 0.846. The Labute approximate surface area is 158 Å². The molecule has 2 aromatic carbocycles. The van der Waals surface area contributed by atoms with Crippen molar-refractivity contribution in [3.05, 3.63) is 59.1 Å². The largest absolute Gasteiger partial charge is 0.482 e. The Morgan fingerprint density at radius 2 is 1.85 bits per heavy atom. The molecule has 2 rings (SSSR count). The molecule has 0 aliphatic carbocycles. The van der Waals surface area contributed by atoms with E-state index in [1.165, 1.54) is 18.2 Å². The van der Waals surface area contributed by atoms with E-state index in [0.29, 0.717) is 0 Å². The Kier molecular flexibility index (Phi) is 7.02. The SMILES string of the molecule is CC(C)NC(=O)COc1ccc(S(=O)(=O)NCc2ccccc2)cc1Cl. The molecule has 0 bridgehead atoms. The number of ether oxygens (including phenoxy) is 1. The molecule has 0 unspecified atom stereocenters. The van der Waals surface area contributed by atoms with Crippen molar-refractivity contribution < 1.29 is 17.9 Å². The van der Waals surface area contributed by atoms with Crippen LogP contribution in [0, 0.1) is 0 Å². The Balaban J connectivity index is 2.02. The summed E-state index contributed by atoms with van der Waals surface area (Å²) in [6.45, 7) is 3.66. The van der Waals surface area contributed by atoms with Gasteiger partial charge >= 0.3 is 0 Å². The lowest BCUT2D eigenvalue weighted by Crippen LogP contribution is -2.34. The molecule has 6 nitrogen and oxygen atoms in total. The first-order chi connectivity index (χ1) is 12.3. The molecule has 0 aliphatic rings. The van der Waals surface area contributed by atoms with Gasteiger partial charge in [-0.15, -0.1) is 0 Å². The van der Waals surface area contributed by atoms with Gasteiger partial charge in [-0.25, -0.2) is 13.1 Å². The minimum absolute atomic E-state index is 0.00443. The summed E-state index contributed by atoms with van der Waals surface area (Å²) in [6, 6.07) is 13.3. The minimum atomic E-state index is -3.71. The third kappa shape index (κ3) is 6.01. The Bertz CT molecular complexity index is 855. The van der Waals surface area contributed by atoms with Crippen molar-refractivity contribution >= 4 is 27.5 Å². The van der Waals surface area contributed by atoms with Gasteiger partial charge in [0.05, 0.1) is 9.92 Å². The van der Waals surface area contributed by atoms with Crippen LogP contribution in [0.2, 0.25) is 5.02 Å². The molecule has 0 atom stereocenters. The van der Waals surface area contributed by atoms with E-state index in [9.17, 15) is 13.2 Å². The van der Waals surface area contributed by atoms with Gasteiger partial charge in [-0.3, -0.25) is 4.79 Å². The summed E-state index contributed by atoms with van der Waals surface area (Å²) in [4.78, 5) is 11.6. The fourth-order valence-electron chi connectivity index (χ4n) is 2.13. The number of amides is 1. The quantitative estimate of drug-likeness (QED) is 0.718. The summed E-state index contributed by atoms with van der Waals surface area (Å²) in [5, 5.41) is 2.80. The summed E-state index contributed by atoms with van der Waals surface area (Å²) in [6.07, 6.45) is 0. The molecule has 2 aromatic rings.